The monoisotopic (exact) mass is 266 g/mol. The minimum Gasteiger partial charge on any atom is -0.380 e. The molecular weight excluding hydrogens is 236 g/mol. The Kier molecular flexibility index (Phi) is 4.78. The maximum absolute atomic E-state index is 5.53. The van der Waals surface area contributed by atoms with Crippen LogP contribution in [-0.4, -0.2) is 49.8 Å². The van der Waals surface area contributed by atoms with E-state index < -0.39 is 0 Å². The number of nitrogens with one attached hydrogen (secondary N) is 1. The molecule has 2 heterocycles. The van der Waals surface area contributed by atoms with Gasteiger partial charge in [-0.25, -0.2) is 0 Å². The van der Waals surface area contributed by atoms with Gasteiger partial charge in [0.25, 0.3) is 0 Å². The van der Waals surface area contributed by atoms with Gasteiger partial charge in [0.15, 0.2) is 0 Å². The van der Waals surface area contributed by atoms with Crippen molar-refractivity contribution in [2.75, 3.05) is 26.7 Å². The lowest BCUT2D eigenvalue weighted by Crippen LogP contribution is -2.54. The number of piperidine rings is 2. The largest absolute Gasteiger partial charge is 0.380 e. The molecule has 0 spiro atoms. The molecule has 1 aliphatic carbocycles. The SMILES string of the molecule is COC1CCCN(CC2CCC3CCCCC3N2)C1. The predicted molar refractivity (Wildman–Crippen MR) is 78.4 cm³/mol. The van der Waals surface area contributed by atoms with Crippen LogP contribution in [0.4, 0.5) is 0 Å². The van der Waals surface area contributed by atoms with Crippen molar-refractivity contribution in [1.29, 1.82) is 0 Å². The van der Waals surface area contributed by atoms with Crippen LogP contribution < -0.4 is 5.32 Å². The molecular formula is C16H30N2O. The van der Waals surface area contributed by atoms with E-state index in [9.17, 15) is 0 Å². The van der Waals surface area contributed by atoms with Crippen molar-refractivity contribution in [1.82, 2.24) is 10.2 Å². The Morgan fingerprint density at radius 1 is 1.05 bits per heavy atom. The van der Waals surface area contributed by atoms with E-state index in [1.807, 2.05) is 7.11 Å². The number of likely N-dealkylation sites (tertiary alicyclic amines) is 1. The molecule has 3 rings (SSSR count). The zero-order chi connectivity index (χ0) is 13.1. The highest BCUT2D eigenvalue weighted by Crippen LogP contribution is 2.32. The molecule has 1 saturated carbocycles. The Bertz CT molecular complexity index is 284. The van der Waals surface area contributed by atoms with E-state index in [1.165, 1.54) is 64.5 Å². The number of hydrogen-bond acceptors (Lipinski definition) is 3. The van der Waals surface area contributed by atoms with Gasteiger partial charge in [-0.1, -0.05) is 12.8 Å². The first-order chi connectivity index (χ1) is 9.35. The third kappa shape index (κ3) is 3.50. The number of ether oxygens (including phenoxy) is 1. The average Bonchev–Trinajstić information content (AvgIpc) is 2.47. The van der Waals surface area contributed by atoms with Crippen molar-refractivity contribution >= 4 is 0 Å². The molecule has 0 aromatic rings. The van der Waals surface area contributed by atoms with E-state index in [1.54, 1.807) is 0 Å². The summed E-state index contributed by atoms with van der Waals surface area (Å²) in [5.74, 6) is 0.984. The van der Waals surface area contributed by atoms with Gasteiger partial charge in [-0.2, -0.15) is 0 Å². The highest BCUT2D eigenvalue weighted by atomic mass is 16.5. The van der Waals surface area contributed by atoms with E-state index in [4.69, 9.17) is 4.74 Å². The fourth-order valence-electron chi connectivity index (χ4n) is 4.40. The zero-order valence-corrected chi connectivity index (χ0v) is 12.4. The van der Waals surface area contributed by atoms with Gasteiger partial charge in [0.1, 0.15) is 0 Å². The van der Waals surface area contributed by atoms with Crippen molar-refractivity contribution in [3.05, 3.63) is 0 Å². The van der Waals surface area contributed by atoms with Crippen molar-refractivity contribution in [3.63, 3.8) is 0 Å². The first-order valence-corrected chi connectivity index (χ1v) is 8.36. The van der Waals surface area contributed by atoms with Gasteiger partial charge >= 0.3 is 0 Å². The fraction of sp³-hybridized carbons (Fsp3) is 1.00. The molecule has 0 amide bonds. The summed E-state index contributed by atoms with van der Waals surface area (Å²) in [6, 6.07) is 1.56. The van der Waals surface area contributed by atoms with Gasteiger partial charge in [-0.05, 0) is 51.0 Å². The van der Waals surface area contributed by atoms with Gasteiger partial charge < -0.3 is 10.1 Å². The Hall–Kier alpha value is -0.120. The summed E-state index contributed by atoms with van der Waals surface area (Å²) in [5.41, 5.74) is 0. The van der Waals surface area contributed by atoms with Crippen LogP contribution in [0.1, 0.15) is 51.4 Å². The molecule has 110 valence electrons. The Morgan fingerprint density at radius 2 is 1.95 bits per heavy atom. The summed E-state index contributed by atoms with van der Waals surface area (Å²) in [5, 5.41) is 3.95. The molecule has 19 heavy (non-hydrogen) atoms. The summed E-state index contributed by atoms with van der Waals surface area (Å²) >= 11 is 0. The van der Waals surface area contributed by atoms with Gasteiger partial charge in [0.05, 0.1) is 6.10 Å². The maximum Gasteiger partial charge on any atom is 0.0698 e. The second-order valence-electron chi connectivity index (χ2n) is 6.85. The average molecular weight is 266 g/mol. The number of fused-ring (bicyclic) bond motifs is 1. The Labute approximate surface area is 118 Å². The summed E-state index contributed by atoms with van der Waals surface area (Å²) < 4.78 is 5.53. The van der Waals surface area contributed by atoms with Crippen LogP contribution in [0.25, 0.3) is 0 Å². The van der Waals surface area contributed by atoms with E-state index in [-0.39, 0.29) is 0 Å². The topological polar surface area (TPSA) is 24.5 Å². The molecule has 0 aromatic heterocycles. The third-order valence-corrected chi connectivity index (χ3v) is 5.52. The minimum absolute atomic E-state index is 0.472. The first-order valence-electron chi connectivity index (χ1n) is 8.36. The molecule has 4 atom stereocenters. The maximum atomic E-state index is 5.53. The fourth-order valence-corrected chi connectivity index (χ4v) is 4.40. The summed E-state index contributed by atoms with van der Waals surface area (Å²) in [6.07, 6.45) is 11.7. The lowest BCUT2D eigenvalue weighted by molar-refractivity contribution is 0.0238. The molecule has 0 radical (unpaired) electrons. The second-order valence-corrected chi connectivity index (χ2v) is 6.85. The molecule has 4 unspecified atom stereocenters. The van der Waals surface area contributed by atoms with Crippen LogP contribution in [-0.2, 0) is 4.74 Å². The van der Waals surface area contributed by atoms with Crippen molar-refractivity contribution < 1.29 is 4.74 Å². The summed E-state index contributed by atoms with van der Waals surface area (Å²) in [6.45, 7) is 3.65. The van der Waals surface area contributed by atoms with Gasteiger partial charge in [-0.15, -0.1) is 0 Å². The highest BCUT2D eigenvalue weighted by Gasteiger charge is 2.32. The third-order valence-electron chi connectivity index (χ3n) is 5.52. The number of hydrogen-bond donors (Lipinski definition) is 1. The minimum atomic E-state index is 0.472. The molecule has 2 aliphatic heterocycles. The van der Waals surface area contributed by atoms with Crippen molar-refractivity contribution in [2.24, 2.45) is 5.92 Å². The quantitative estimate of drug-likeness (QED) is 0.849. The van der Waals surface area contributed by atoms with Crippen molar-refractivity contribution in [3.8, 4) is 0 Å². The first kappa shape index (κ1) is 13.8. The molecule has 0 aromatic carbocycles. The van der Waals surface area contributed by atoms with E-state index >= 15 is 0 Å². The van der Waals surface area contributed by atoms with E-state index in [0.717, 1.165) is 24.5 Å². The normalized spacial score (nSPS) is 40.9. The molecule has 3 nitrogen and oxygen atoms in total. The van der Waals surface area contributed by atoms with Crippen LogP contribution in [0, 0.1) is 5.92 Å². The molecule has 2 saturated heterocycles. The molecule has 3 fully saturated rings. The summed E-state index contributed by atoms with van der Waals surface area (Å²) in [7, 11) is 1.86. The van der Waals surface area contributed by atoms with E-state index in [0.29, 0.717) is 6.10 Å². The lowest BCUT2D eigenvalue weighted by Gasteiger charge is -2.43. The van der Waals surface area contributed by atoms with Gasteiger partial charge in [0.2, 0.25) is 0 Å². The number of nitrogens with zero attached hydrogens (tertiary/aromatic N) is 1. The molecule has 3 aliphatic rings. The second kappa shape index (κ2) is 6.55. The van der Waals surface area contributed by atoms with Gasteiger partial charge in [0, 0.05) is 32.3 Å². The molecule has 0 bridgehead atoms. The lowest BCUT2D eigenvalue weighted by atomic mass is 9.77. The zero-order valence-electron chi connectivity index (χ0n) is 12.4. The number of rotatable bonds is 3. The van der Waals surface area contributed by atoms with E-state index in [2.05, 4.69) is 10.2 Å². The highest BCUT2D eigenvalue weighted by molar-refractivity contribution is 4.91. The van der Waals surface area contributed by atoms with Crippen LogP contribution >= 0.6 is 0 Å². The number of methoxy groups -OCH3 is 1. The Morgan fingerprint density at radius 3 is 2.84 bits per heavy atom. The van der Waals surface area contributed by atoms with Gasteiger partial charge in [-0.3, -0.25) is 4.90 Å². The standard InChI is InChI=1S/C16H30N2O/c1-19-15-6-4-10-18(12-15)11-14-9-8-13-5-2-3-7-16(13)17-14/h13-17H,2-12H2,1H3. The summed E-state index contributed by atoms with van der Waals surface area (Å²) in [4.78, 5) is 2.62. The predicted octanol–water partition coefficient (Wildman–Crippen LogP) is 2.41. The van der Waals surface area contributed by atoms with Crippen LogP contribution in [0.3, 0.4) is 0 Å². The molecule has 1 N–H and O–H groups in total. The van der Waals surface area contributed by atoms with Crippen LogP contribution in [0.15, 0.2) is 0 Å². The van der Waals surface area contributed by atoms with Crippen LogP contribution in [0.5, 0.6) is 0 Å². The molecule has 3 heteroatoms. The Balaban J connectivity index is 1.47. The van der Waals surface area contributed by atoms with Crippen LogP contribution in [0.2, 0.25) is 0 Å². The smallest absolute Gasteiger partial charge is 0.0698 e. The van der Waals surface area contributed by atoms with Crippen molar-refractivity contribution in [2.45, 2.75) is 69.6 Å².